The Morgan fingerprint density at radius 2 is 1.97 bits per heavy atom. The van der Waals surface area contributed by atoms with E-state index in [0.717, 1.165) is 16.1 Å². The van der Waals surface area contributed by atoms with Crippen LogP contribution < -0.4 is 15.5 Å². The second-order valence-electron chi connectivity index (χ2n) is 6.21. The zero-order chi connectivity index (χ0) is 20.5. The van der Waals surface area contributed by atoms with E-state index in [-0.39, 0.29) is 17.0 Å². The van der Waals surface area contributed by atoms with Crippen molar-refractivity contribution in [3.8, 4) is 17.0 Å². The van der Waals surface area contributed by atoms with Crippen LogP contribution in [-0.2, 0) is 0 Å². The zero-order valence-corrected chi connectivity index (χ0v) is 16.9. The van der Waals surface area contributed by atoms with Crippen LogP contribution in [0.5, 0.6) is 5.75 Å². The van der Waals surface area contributed by atoms with Gasteiger partial charge in [-0.05, 0) is 59.2 Å². The van der Waals surface area contributed by atoms with Gasteiger partial charge in [0.2, 0.25) is 5.82 Å². The monoisotopic (exact) mass is 455 g/mol. The topological polar surface area (TPSA) is 107 Å². The predicted molar refractivity (Wildman–Crippen MR) is 109 cm³/mol. The Kier molecular flexibility index (Phi) is 4.89. The standard InChI is InChI=1S/C20H14BrN3O5/c1-10-7-12(27-2)4-5-13(10)18-19(24-29-23-18)22-20(26)17-9-15(25)14-8-11(21)3-6-16(14)28-17/h3-9H,1-2H3,(H,22,24,26). The van der Waals surface area contributed by atoms with Crippen LogP contribution in [0.1, 0.15) is 16.1 Å². The van der Waals surface area contributed by atoms with Gasteiger partial charge in [0.25, 0.3) is 5.91 Å². The average molecular weight is 456 g/mol. The first-order valence-corrected chi connectivity index (χ1v) is 9.28. The molecule has 0 aliphatic rings. The summed E-state index contributed by atoms with van der Waals surface area (Å²) in [5.74, 6) is 0.0138. The first kappa shape index (κ1) is 18.9. The molecule has 0 atom stereocenters. The molecule has 0 aliphatic carbocycles. The number of benzene rings is 2. The van der Waals surface area contributed by atoms with Crippen LogP contribution in [0.2, 0.25) is 0 Å². The van der Waals surface area contributed by atoms with Crippen LogP contribution in [0.3, 0.4) is 0 Å². The molecule has 1 amide bonds. The Morgan fingerprint density at radius 3 is 2.72 bits per heavy atom. The van der Waals surface area contributed by atoms with E-state index in [2.05, 4.69) is 31.6 Å². The summed E-state index contributed by atoms with van der Waals surface area (Å²) < 4.78 is 16.3. The second kappa shape index (κ2) is 7.51. The third-order valence-corrected chi connectivity index (χ3v) is 4.82. The number of hydrogen-bond donors (Lipinski definition) is 1. The minimum atomic E-state index is -0.643. The lowest BCUT2D eigenvalue weighted by atomic mass is 10.1. The summed E-state index contributed by atoms with van der Waals surface area (Å²) in [6.45, 7) is 1.87. The molecule has 0 spiro atoms. The van der Waals surface area contributed by atoms with E-state index in [4.69, 9.17) is 13.8 Å². The summed E-state index contributed by atoms with van der Waals surface area (Å²) in [5.41, 5.74) is 1.90. The van der Waals surface area contributed by atoms with Gasteiger partial charge in [-0.2, -0.15) is 0 Å². The molecule has 0 saturated carbocycles. The molecule has 0 bridgehead atoms. The number of carbonyl (C=O) groups excluding carboxylic acids is 1. The van der Waals surface area contributed by atoms with E-state index in [1.54, 1.807) is 37.4 Å². The molecule has 1 N–H and O–H groups in total. The van der Waals surface area contributed by atoms with Crippen molar-refractivity contribution in [2.24, 2.45) is 0 Å². The molecule has 4 aromatic rings. The van der Waals surface area contributed by atoms with Gasteiger partial charge in [-0.3, -0.25) is 14.9 Å². The molecular formula is C20H14BrN3O5. The number of anilines is 1. The van der Waals surface area contributed by atoms with E-state index in [0.29, 0.717) is 28.0 Å². The highest BCUT2D eigenvalue weighted by atomic mass is 79.9. The van der Waals surface area contributed by atoms with Gasteiger partial charge >= 0.3 is 0 Å². The molecule has 2 aromatic heterocycles. The fraction of sp³-hybridized carbons (Fsp3) is 0.100. The van der Waals surface area contributed by atoms with Crippen molar-refractivity contribution in [1.82, 2.24) is 10.3 Å². The van der Waals surface area contributed by atoms with Crippen LogP contribution in [0.25, 0.3) is 22.2 Å². The number of ether oxygens (including phenoxy) is 1. The lowest BCUT2D eigenvalue weighted by Crippen LogP contribution is -2.15. The fourth-order valence-electron chi connectivity index (χ4n) is 2.89. The highest BCUT2D eigenvalue weighted by Gasteiger charge is 2.20. The number of nitrogens with one attached hydrogen (secondary N) is 1. The van der Waals surface area contributed by atoms with Crippen molar-refractivity contribution in [2.75, 3.05) is 12.4 Å². The largest absolute Gasteiger partial charge is 0.497 e. The number of fused-ring (bicyclic) bond motifs is 1. The molecule has 4 rings (SSSR count). The number of nitrogens with zero attached hydrogens (tertiary/aromatic N) is 2. The van der Waals surface area contributed by atoms with Gasteiger partial charge in [0, 0.05) is 16.1 Å². The van der Waals surface area contributed by atoms with Gasteiger partial charge in [0.1, 0.15) is 11.3 Å². The summed E-state index contributed by atoms with van der Waals surface area (Å²) in [6.07, 6.45) is 0. The van der Waals surface area contributed by atoms with Crippen molar-refractivity contribution >= 4 is 38.6 Å². The number of hydrogen-bond acceptors (Lipinski definition) is 7. The Balaban J connectivity index is 1.67. The Bertz CT molecular complexity index is 1300. The van der Waals surface area contributed by atoms with Gasteiger partial charge in [-0.1, -0.05) is 15.9 Å². The van der Waals surface area contributed by atoms with E-state index in [9.17, 15) is 9.59 Å². The van der Waals surface area contributed by atoms with Crippen LogP contribution in [0.15, 0.2) is 60.8 Å². The van der Waals surface area contributed by atoms with Gasteiger partial charge < -0.3 is 9.15 Å². The maximum absolute atomic E-state index is 12.7. The molecule has 0 fully saturated rings. The quantitative estimate of drug-likeness (QED) is 0.491. The first-order chi connectivity index (χ1) is 14.0. The van der Waals surface area contributed by atoms with Crippen LogP contribution in [0.4, 0.5) is 5.82 Å². The SMILES string of the molecule is COc1ccc(-c2nonc2NC(=O)c2cc(=O)c3cc(Br)ccc3o2)c(C)c1. The lowest BCUT2D eigenvalue weighted by molar-refractivity contribution is 0.0996. The number of carbonyl (C=O) groups is 1. The molecule has 8 nitrogen and oxygen atoms in total. The predicted octanol–water partition coefficient (Wildman–Crippen LogP) is 4.17. The molecule has 0 unspecified atom stereocenters. The molecule has 0 saturated heterocycles. The number of halogens is 1. The van der Waals surface area contributed by atoms with Gasteiger partial charge in [-0.25, -0.2) is 4.63 Å². The molecule has 0 radical (unpaired) electrons. The molecular weight excluding hydrogens is 442 g/mol. The number of aryl methyl sites for hydroxylation is 1. The van der Waals surface area contributed by atoms with Crippen molar-refractivity contribution in [1.29, 1.82) is 0 Å². The van der Waals surface area contributed by atoms with E-state index < -0.39 is 5.91 Å². The molecule has 2 heterocycles. The summed E-state index contributed by atoms with van der Waals surface area (Å²) in [4.78, 5) is 25.0. The third-order valence-electron chi connectivity index (χ3n) is 4.32. The van der Waals surface area contributed by atoms with Crippen molar-refractivity contribution in [3.05, 3.63) is 68.5 Å². The minimum absolute atomic E-state index is 0.113. The normalized spacial score (nSPS) is 10.9. The van der Waals surface area contributed by atoms with Crippen LogP contribution >= 0.6 is 15.9 Å². The second-order valence-corrected chi connectivity index (χ2v) is 7.13. The number of amides is 1. The fourth-order valence-corrected chi connectivity index (χ4v) is 3.25. The Hall–Kier alpha value is -3.46. The maximum atomic E-state index is 12.7. The van der Waals surface area contributed by atoms with Crippen LogP contribution in [0, 0.1) is 6.92 Å². The van der Waals surface area contributed by atoms with Gasteiger partial charge in [-0.15, -0.1) is 0 Å². The van der Waals surface area contributed by atoms with E-state index in [1.165, 1.54) is 0 Å². The first-order valence-electron chi connectivity index (χ1n) is 8.48. The summed E-state index contributed by atoms with van der Waals surface area (Å²) in [5, 5.41) is 10.6. The van der Waals surface area contributed by atoms with Crippen molar-refractivity contribution in [3.63, 3.8) is 0 Å². The highest BCUT2D eigenvalue weighted by Crippen LogP contribution is 2.30. The van der Waals surface area contributed by atoms with Gasteiger partial charge in [0.05, 0.1) is 12.5 Å². The number of methoxy groups -OCH3 is 1. The smallest absolute Gasteiger partial charge is 0.292 e. The summed E-state index contributed by atoms with van der Waals surface area (Å²) in [6, 6.07) is 11.5. The van der Waals surface area contributed by atoms with Crippen LogP contribution in [-0.4, -0.2) is 23.3 Å². The highest BCUT2D eigenvalue weighted by molar-refractivity contribution is 9.10. The third kappa shape index (κ3) is 3.64. The molecule has 29 heavy (non-hydrogen) atoms. The number of aromatic nitrogens is 2. The average Bonchev–Trinajstić information content (AvgIpc) is 3.16. The van der Waals surface area contributed by atoms with Gasteiger partial charge in [0.15, 0.2) is 16.9 Å². The zero-order valence-electron chi connectivity index (χ0n) is 15.4. The number of rotatable bonds is 4. The van der Waals surface area contributed by atoms with Crippen molar-refractivity contribution in [2.45, 2.75) is 6.92 Å². The Morgan fingerprint density at radius 1 is 1.14 bits per heavy atom. The van der Waals surface area contributed by atoms with Crippen molar-refractivity contribution < 1.29 is 18.6 Å². The maximum Gasteiger partial charge on any atom is 0.292 e. The lowest BCUT2D eigenvalue weighted by Gasteiger charge is -2.07. The molecule has 0 aliphatic heterocycles. The van der Waals surface area contributed by atoms with E-state index >= 15 is 0 Å². The summed E-state index contributed by atoms with van der Waals surface area (Å²) >= 11 is 3.31. The molecule has 2 aromatic carbocycles. The Labute approximate surface area is 172 Å². The summed E-state index contributed by atoms with van der Waals surface area (Å²) in [7, 11) is 1.58. The van der Waals surface area contributed by atoms with E-state index in [1.807, 2.05) is 13.0 Å². The molecule has 146 valence electrons. The minimum Gasteiger partial charge on any atom is -0.497 e. The molecule has 9 heteroatoms.